The molecule has 0 atom stereocenters. The fourth-order valence-electron chi connectivity index (χ4n) is 2.37. The number of aromatic nitrogens is 1. The summed E-state index contributed by atoms with van der Waals surface area (Å²) in [6, 6.07) is 2.02. The number of hydrogen-bond donors (Lipinski definition) is 1. The lowest BCUT2D eigenvalue weighted by Gasteiger charge is -2.19. The van der Waals surface area contributed by atoms with Crippen molar-refractivity contribution < 1.29 is 14.4 Å². The zero-order chi connectivity index (χ0) is 13.8. The van der Waals surface area contributed by atoms with Gasteiger partial charge in [-0.3, -0.25) is 4.79 Å². The van der Waals surface area contributed by atoms with Gasteiger partial charge in [-0.25, -0.2) is 0 Å². The molecule has 1 saturated carbocycles. The van der Waals surface area contributed by atoms with Gasteiger partial charge in [-0.15, -0.1) is 0 Å². The standard InChI is InChI=1S/C14H22N2O3/c1-3-10(4-2)12-9-13(19-15-12)14(18)16(7-8-17)11-5-6-11/h9-11,17H,3-8H2,1-2H3. The number of amides is 1. The van der Waals surface area contributed by atoms with Gasteiger partial charge in [-0.1, -0.05) is 19.0 Å². The first-order valence-corrected chi connectivity index (χ1v) is 7.09. The molecule has 5 heteroatoms. The minimum atomic E-state index is -0.152. The van der Waals surface area contributed by atoms with Crippen LogP contribution in [-0.2, 0) is 0 Å². The van der Waals surface area contributed by atoms with E-state index in [2.05, 4.69) is 19.0 Å². The SMILES string of the molecule is CCC(CC)c1cc(C(=O)N(CCO)C2CC2)on1. The summed E-state index contributed by atoms with van der Waals surface area (Å²) >= 11 is 0. The molecule has 1 aliphatic rings. The Bertz CT molecular complexity index is 422. The Morgan fingerprint density at radius 3 is 2.74 bits per heavy atom. The molecular formula is C14H22N2O3. The van der Waals surface area contributed by atoms with E-state index in [4.69, 9.17) is 9.63 Å². The van der Waals surface area contributed by atoms with E-state index in [1.807, 2.05) is 0 Å². The highest BCUT2D eigenvalue weighted by Crippen LogP contribution is 2.29. The highest BCUT2D eigenvalue weighted by molar-refractivity contribution is 5.92. The van der Waals surface area contributed by atoms with Crippen LogP contribution in [-0.4, -0.2) is 40.3 Å². The summed E-state index contributed by atoms with van der Waals surface area (Å²) in [5, 5.41) is 13.1. The van der Waals surface area contributed by atoms with E-state index in [0.717, 1.165) is 31.4 Å². The molecule has 1 amide bonds. The van der Waals surface area contributed by atoms with Crippen molar-refractivity contribution in [3.05, 3.63) is 17.5 Å². The van der Waals surface area contributed by atoms with E-state index in [1.54, 1.807) is 11.0 Å². The Kier molecular flexibility index (Phi) is 4.58. The molecule has 0 bridgehead atoms. The number of carbonyl (C=O) groups excluding carboxylic acids is 1. The van der Waals surface area contributed by atoms with Crippen molar-refractivity contribution in [1.82, 2.24) is 10.1 Å². The summed E-state index contributed by atoms with van der Waals surface area (Å²) in [7, 11) is 0. The average molecular weight is 266 g/mol. The molecule has 1 fully saturated rings. The maximum Gasteiger partial charge on any atom is 0.292 e. The van der Waals surface area contributed by atoms with Crippen LogP contribution in [0, 0.1) is 0 Å². The summed E-state index contributed by atoms with van der Waals surface area (Å²) in [4.78, 5) is 14.0. The summed E-state index contributed by atoms with van der Waals surface area (Å²) < 4.78 is 5.19. The zero-order valence-corrected chi connectivity index (χ0v) is 11.6. The van der Waals surface area contributed by atoms with Crippen molar-refractivity contribution in [2.75, 3.05) is 13.2 Å². The second-order valence-corrected chi connectivity index (χ2v) is 5.08. The first-order chi connectivity index (χ1) is 9.21. The van der Waals surface area contributed by atoms with E-state index < -0.39 is 0 Å². The lowest BCUT2D eigenvalue weighted by atomic mass is 9.99. The summed E-state index contributed by atoms with van der Waals surface area (Å²) in [6.07, 6.45) is 4.00. The average Bonchev–Trinajstić information content (AvgIpc) is 3.15. The molecule has 1 aliphatic carbocycles. The molecule has 1 aromatic heterocycles. The van der Waals surface area contributed by atoms with Crippen molar-refractivity contribution in [2.45, 2.75) is 51.5 Å². The molecule has 106 valence electrons. The van der Waals surface area contributed by atoms with Crippen LogP contribution in [0.25, 0.3) is 0 Å². The van der Waals surface area contributed by atoms with Gasteiger partial charge in [0.25, 0.3) is 5.91 Å². The molecule has 2 rings (SSSR count). The molecule has 5 nitrogen and oxygen atoms in total. The first-order valence-electron chi connectivity index (χ1n) is 7.09. The Balaban J connectivity index is 2.10. The van der Waals surface area contributed by atoms with Crippen LogP contribution in [0.4, 0.5) is 0 Å². The predicted octanol–water partition coefficient (Wildman–Crippen LogP) is 2.18. The lowest BCUT2D eigenvalue weighted by Crippen LogP contribution is -2.35. The van der Waals surface area contributed by atoms with Crippen LogP contribution in [0.1, 0.15) is 61.7 Å². The fourth-order valence-corrected chi connectivity index (χ4v) is 2.37. The Hall–Kier alpha value is -1.36. The number of nitrogens with zero attached hydrogens (tertiary/aromatic N) is 2. The molecule has 0 aromatic carbocycles. The highest BCUT2D eigenvalue weighted by Gasteiger charge is 2.34. The van der Waals surface area contributed by atoms with Crippen molar-refractivity contribution >= 4 is 5.91 Å². The fraction of sp³-hybridized carbons (Fsp3) is 0.714. The molecule has 0 radical (unpaired) electrons. The topological polar surface area (TPSA) is 66.6 Å². The molecule has 1 aromatic rings. The van der Waals surface area contributed by atoms with Crippen molar-refractivity contribution in [3.63, 3.8) is 0 Å². The zero-order valence-electron chi connectivity index (χ0n) is 11.6. The van der Waals surface area contributed by atoms with Gasteiger partial charge < -0.3 is 14.5 Å². The van der Waals surface area contributed by atoms with Gasteiger partial charge in [0, 0.05) is 24.6 Å². The van der Waals surface area contributed by atoms with E-state index in [0.29, 0.717) is 18.2 Å². The Labute approximate surface area is 113 Å². The summed E-state index contributed by atoms with van der Waals surface area (Å²) in [5.74, 6) is 0.487. The van der Waals surface area contributed by atoms with Crippen molar-refractivity contribution in [3.8, 4) is 0 Å². The van der Waals surface area contributed by atoms with Crippen LogP contribution >= 0.6 is 0 Å². The smallest absolute Gasteiger partial charge is 0.292 e. The minimum Gasteiger partial charge on any atom is -0.395 e. The van der Waals surface area contributed by atoms with Gasteiger partial charge in [0.05, 0.1) is 12.3 Å². The highest BCUT2D eigenvalue weighted by atomic mass is 16.5. The van der Waals surface area contributed by atoms with Crippen LogP contribution in [0.3, 0.4) is 0 Å². The van der Waals surface area contributed by atoms with Crippen LogP contribution in [0.5, 0.6) is 0 Å². The lowest BCUT2D eigenvalue weighted by molar-refractivity contribution is 0.0666. The van der Waals surface area contributed by atoms with E-state index >= 15 is 0 Å². The quantitative estimate of drug-likeness (QED) is 0.821. The number of aliphatic hydroxyl groups is 1. The molecule has 1 N–H and O–H groups in total. The van der Waals surface area contributed by atoms with E-state index in [1.165, 1.54) is 0 Å². The monoisotopic (exact) mass is 266 g/mol. The van der Waals surface area contributed by atoms with Gasteiger partial charge in [-0.2, -0.15) is 0 Å². The molecule has 0 unspecified atom stereocenters. The molecule has 0 aliphatic heterocycles. The number of rotatable bonds is 7. The van der Waals surface area contributed by atoms with Gasteiger partial charge in [-0.05, 0) is 25.7 Å². The van der Waals surface area contributed by atoms with Crippen LogP contribution in [0.2, 0.25) is 0 Å². The predicted molar refractivity (Wildman–Crippen MR) is 71.0 cm³/mol. The van der Waals surface area contributed by atoms with Crippen molar-refractivity contribution in [1.29, 1.82) is 0 Å². The third-order valence-corrected chi connectivity index (χ3v) is 3.73. The van der Waals surface area contributed by atoms with E-state index in [-0.39, 0.29) is 18.6 Å². The van der Waals surface area contributed by atoms with Gasteiger partial charge >= 0.3 is 0 Å². The van der Waals surface area contributed by atoms with Gasteiger partial charge in [0.1, 0.15) is 0 Å². The third kappa shape index (κ3) is 3.15. The largest absolute Gasteiger partial charge is 0.395 e. The summed E-state index contributed by atoms with van der Waals surface area (Å²) in [5.41, 5.74) is 0.855. The number of aliphatic hydroxyl groups excluding tert-OH is 1. The second-order valence-electron chi connectivity index (χ2n) is 5.08. The molecule has 1 heterocycles. The maximum atomic E-state index is 12.3. The first kappa shape index (κ1) is 14.1. The number of carbonyl (C=O) groups is 1. The second kappa shape index (κ2) is 6.19. The van der Waals surface area contributed by atoms with E-state index in [9.17, 15) is 4.79 Å². The molecule has 0 spiro atoms. The Morgan fingerprint density at radius 1 is 1.53 bits per heavy atom. The molecule has 0 saturated heterocycles. The summed E-state index contributed by atoms with van der Waals surface area (Å²) in [6.45, 7) is 4.56. The number of hydrogen-bond acceptors (Lipinski definition) is 4. The van der Waals surface area contributed by atoms with Gasteiger partial charge in [0.15, 0.2) is 0 Å². The van der Waals surface area contributed by atoms with Crippen LogP contribution in [0.15, 0.2) is 10.6 Å². The van der Waals surface area contributed by atoms with Gasteiger partial charge in [0.2, 0.25) is 5.76 Å². The normalized spacial score (nSPS) is 14.9. The third-order valence-electron chi connectivity index (χ3n) is 3.73. The molecular weight excluding hydrogens is 244 g/mol. The maximum absolute atomic E-state index is 12.3. The Morgan fingerprint density at radius 2 is 2.21 bits per heavy atom. The van der Waals surface area contributed by atoms with Crippen LogP contribution < -0.4 is 0 Å². The van der Waals surface area contributed by atoms with Crippen molar-refractivity contribution in [2.24, 2.45) is 0 Å². The minimum absolute atomic E-state index is 0.0181. The molecule has 19 heavy (non-hydrogen) atoms.